The average molecular weight is 273 g/mol. The van der Waals surface area contributed by atoms with Gasteiger partial charge in [0.25, 0.3) is 10.5 Å². The minimum atomic E-state index is -0.160. The number of carbonyl (C=O) groups excluding carboxylic acids is 2. The highest BCUT2D eigenvalue weighted by Gasteiger charge is 2.23. The molecule has 2 aliphatic carbocycles. The van der Waals surface area contributed by atoms with E-state index in [-0.39, 0.29) is 10.5 Å². The lowest BCUT2D eigenvalue weighted by Crippen LogP contribution is -2.25. The van der Waals surface area contributed by atoms with Crippen LogP contribution in [-0.4, -0.2) is 21.0 Å². The lowest BCUT2D eigenvalue weighted by atomic mass is 10.4. The number of hydrogen-bond acceptors (Lipinski definition) is 4. The van der Waals surface area contributed by atoms with Crippen LogP contribution in [0.15, 0.2) is 0 Å². The Bertz CT molecular complexity index is 256. The molecule has 96 valence electrons. The second kappa shape index (κ2) is 6.69. The summed E-state index contributed by atoms with van der Waals surface area (Å²) in [6.07, 6.45) is 9.32. The summed E-state index contributed by atoms with van der Waals surface area (Å²) >= 11 is 2.62. The molecule has 0 spiro atoms. The number of thioether (sulfide) groups is 2. The van der Waals surface area contributed by atoms with Gasteiger partial charge in [-0.3, -0.25) is 14.9 Å². The molecule has 0 radical (unpaired) electrons. The van der Waals surface area contributed by atoms with E-state index in [0.717, 1.165) is 25.7 Å². The van der Waals surface area contributed by atoms with Crippen molar-refractivity contribution in [3.63, 3.8) is 0 Å². The van der Waals surface area contributed by atoms with E-state index in [1.165, 1.54) is 49.2 Å². The minimum absolute atomic E-state index is 0.160. The molecule has 2 rings (SSSR count). The summed E-state index contributed by atoms with van der Waals surface area (Å²) in [5.74, 6) is 0. The van der Waals surface area contributed by atoms with Crippen LogP contribution < -0.4 is 5.32 Å². The number of imide groups is 1. The Balaban J connectivity index is 1.64. The standard InChI is InChI=1S/C12H19NO2S2/c14-11(16-9-5-1-2-6-9)13-12(15)17-10-7-3-4-8-10/h9-10H,1-8H2,(H,13,14,15). The molecule has 0 unspecified atom stereocenters. The van der Waals surface area contributed by atoms with Gasteiger partial charge in [0.2, 0.25) is 0 Å². The van der Waals surface area contributed by atoms with Crippen LogP contribution in [0.2, 0.25) is 0 Å². The maximum absolute atomic E-state index is 11.6. The predicted molar refractivity (Wildman–Crippen MR) is 73.6 cm³/mol. The molecule has 0 heterocycles. The molecule has 2 amide bonds. The summed E-state index contributed by atoms with van der Waals surface area (Å²) in [4.78, 5) is 23.2. The van der Waals surface area contributed by atoms with E-state index in [2.05, 4.69) is 5.32 Å². The van der Waals surface area contributed by atoms with Crippen molar-refractivity contribution in [3.8, 4) is 0 Å². The lowest BCUT2D eigenvalue weighted by Gasteiger charge is -2.10. The molecular weight excluding hydrogens is 254 g/mol. The lowest BCUT2D eigenvalue weighted by molar-refractivity contribution is 0.250. The molecule has 0 aromatic heterocycles. The Hall–Kier alpha value is -0.160. The normalized spacial score (nSPS) is 21.9. The molecule has 5 heteroatoms. The molecule has 17 heavy (non-hydrogen) atoms. The minimum Gasteiger partial charge on any atom is -0.278 e. The van der Waals surface area contributed by atoms with Gasteiger partial charge in [0.1, 0.15) is 0 Å². The fourth-order valence-corrected chi connectivity index (χ4v) is 4.57. The molecule has 2 saturated carbocycles. The fraction of sp³-hybridized carbons (Fsp3) is 0.833. The van der Waals surface area contributed by atoms with Crippen LogP contribution in [0, 0.1) is 0 Å². The number of carbonyl (C=O) groups is 2. The van der Waals surface area contributed by atoms with Crippen LogP contribution in [0.3, 0.4) is 0 Å². The van der Waals surface area contributed by atoms with Crippen molar-refractivity contribution < 1.29 is 9.59 Å². The Morgan fingerprint density at radius 1 is 0.765 bits per heavy atom. The van der Waals surface area contributed by atoms with Gasteiger partial charge in [-0.25, -0.2) is 0 Å². The largest absolute Gasteiger partial charge is 0.286 e. The predicted octanol–water partition coefficient (Wildman–Crippen LogP) is 4.17. The Morgan fingerprint density at radius 2 is 1.12 bits per heavy atom. The highest BCUT2D eigenvalue weighted by Crippen LogP contribution is 2.31. The molecule has 0 bridgehead atoms. The molecule has 3 nitrogen and oxygen atoms in total. The first-order valence-electron chi connectivity index (χ1n) is 6.42. The quantitative estimate of drug-likeness (QED) is 0.820. The van der Waals surface area contributed by atoms with Gasteiger partial charge in [-0.2, -0.15) is 0 Å². The SMILES string of the molecule is O=C(NC(=O)SC1CCCC1)SC1CCCC1. The zero-order valence-corrected chi connectivity index (χ0v) is 11.6. The van der Waals surface area contributed by atoms with E-state index in [4.69, 9.17) is 0 Å². The van der Waals surface area contributed by atoms with Crippen LogP contribution in [0.4, 0.5) is 9.59 Å². The molecule has 2 aliphatic rings. The van der Waals surface area contributed by atoms with E-state index in [9.17, 15) is 9.59 Å². The Morgan fingerprint density at radius 3 is 1.47 bits per heavy atom. The molecule has 0 aromatic rings. The van der Waals surface area contributed by atoms with E-state index < -0.39 is 0 Å². The number of rotatable bonds is 2. The molecule has 2 fully saturated rings. The third-order valence-corrected chi connectivity index (χ3v) is 5.60. The first kappa shape index (κ1) is 13.3. The third kappa shape index (κ3) is 4.54. The van der Waals surface area contributed by atoms with Crippen LogP contribution >= 0.6 is 23.5 Å². The molecule has 0 atom stereocenters. The van der Waals surface area contributed by atoms with Gasteiger partial charge in [0.15, 0.2) is 0 Å². The third-order valence-electron chi connectivity index (χ3n) is 3.36. The first-order chi connectivity index (χ1) is 8.24. The van der Waals surface area contributed by atoms with Crippen molar-refractivity contribution in [2.75, 3.05) is 0 Å². The maximum Gasteiger partial charge on any atom is 0.286 e. The summed E-state index contributed by atoms with van der Waals surface area (Å²) in [5.41, 5.74) is 0. The highest BCUT2D eigenvalue weighted by molar-refractivity contribution is 8.16. The van der Waals surface area contributed by atoms with Crippen LogP contribution in [-0.2, 0) is 0 Å². The summed E-state index contributed by atoms with van der Waals surface area (Å²) < 4.78 is 0. The average Bonchev–Trinajstić information content (AvgIpc) is 2.90. The maximum atomic E-state index is 11.6. The van der Waals surface area contributed by atoms with Crippen molar-refractivity contribution in [2.24, 2.45) is 0 Å². The molecule has 1 N–H and O–H groups in total. The van der Waals surface area contributed by atoms with Crippen LogP contribution in [0.25, 0.3) is 0 Å². The summed E-state index contributed by atoms with van der Waals surface area (Å²) in [6.45, 7) is 0. The fourth-order valence-electron chi connectivity index (χ4n) is 2.46. The second-order valence-electron chi connectivity index (χ2n) is 4.75. The molecule has 0 saturated heterocycles. The van der Waals surface area contributed by atoms with Crippen LogP contribution in [0.1, 0.15) is 51.4 Å². The van der Waals surface area contributed by atoms with E-state index in [0.29, 0.717) is 10.5 Å². The van der Waals surface area contributed by atoms with Crippen molar-refractivity contribution in [3.05, 3.63) is 0 Å². The van der Waals surface area contributed by atoms with Gasteiger partial charge in [0, 0.05) is 10.5 Å². The zero-order chi connectivity index (χ0) is 12.1. The van der Waals surface area contributed by atoms with E-state index in [1.807, 2.05) is 0 Å². The van der Waals surface area contributed by atoms with Gasteiger partial charge in [0.05, 0.1) is 0 Å². The van der Waals surface area contributed by atoms with Crippen molar-refractivity contribution in [1.29, 1.82) is 0 Å². The molecule has 0 aromatic carbocycles. The van der Waals surface area contributed by atoms with E-state index >= 15 is 0 Å². The second-order valence-corrected chi connectivity index (χ2v) is 7.29. The number of hydrogen-bond donors (Lipinski definition) is 1. The van der Waals surface area contributed by atoms with Crippen LogP contribution in [0.5, 0.6) is 0 Å². The number of amides is 2. The summed E-state index contributed by atoms with van der Waals surface area (Å²) in [6, 6.07) is 0. The topological polar surface area (TPSA) is 46.2 Å². The zero-order valence-electron chi connectivity index (χ0n) is 9.94. The van der Waals surface area contributed by atoms with Crippen molar-refractivity contribution >= 4 is 34.0 Å². The highest BCUT2D eigenvalue weighted by atomic mass is 32.2. The van der Waals surface area contributed by atoms with E-state index in [1.54, 1.807) is 0 Å². The Kier molecular flexibility index (Phi) is 5.22. The van der Waals surface area contributed by atoms with Crippen molar-refractivity contribution in [1.82, 2.24) is 5.32 Å². The van der Waals surface area contributed by atoms with Gasteiger partial charge in [-0.05, 0) is 25.7 Å². The molecular formula is C12H19NO2S2. The molecule has 0 aliphatic heterocycles. The smallest absolute Gasteiger partial charge is 0.278 e. The van der Waals surface area contributed by atoms with Gasteiger partial charge >= 0.3 is 0 Å². The first-order valence-corrected chi connectivity index (χ1v) is 8.18. The van der Waals surface area contributed by atoms with Gasteiger partial charge in [-0.15, -0.1) is 0 Å². The summed E-state index contributed by atoms with van der Waals surface area (Å²) in [7, 11) is 0. The number of nitrogens with one attached hydrogen (secondary N) is 1. The monoisotopic (exact) mass is 273 g/mol. The van der Waals surface area contributed by atoms with Gasteiger partial charge < -0.3 is 0 Å². The van der Waals surface area contributed by atoms with Crippen molar-refractivity contribution in [2.45, 2.75) is 61.9 Å². The Labute approximate surface area is 111 Å². The van der Waals surface area contributed by atoms with Gasteiger partial charge in [-0.1, -0.05) is 49.2 Å². The summed E-state index contributed by atoms with van der Waals surface area (Å²) in [5, 5.41) is 3.02.